The third kappa shape index (κ3) is 2.96. The van der Waals surface area contributed by atoms with Gasteiger partial charge in [-0.25, -0.2) is 0 Å². The summed E-state index contributed by atoms with van der Waals surface area (Å²) in [6.07, 6.45) is 1.32. The van der Waals surface area contributed by atoms with Crippen molar-refractivity contribution < 1.29 is 19.7 Å². The monoisotopic (exact) mass is 280 g/mol. The number of ketones is 1. The first-order valence-corrected chi connectivity index (χ1v) is 7.16. The van der Waals surface area contributed by atoms with Crippen LogP contribution in [0.4, 0.5) is 0 Å². The number of allylic oxidation sites excluding steroid dienone is 2. The summed E-state index contributed by atoms with van der Waals surface area (Å²) in [5.74, 6) is 0.276. The van der Waals surface area contributed by atoms with Crippen molar-refractivity contribution in [3.63, 3.8) is 0 Å². The average molecular weight is 280 g/mol. The van der Waals surface area contributed by atoms with Gasteiger partial charge in [0.25, 0.3) is 0 Å². The smallest absolute Gasteiger partial charge is 0.166 e. The van der Waals surface area contributed by atoms with Crippen LogP contribution in [0.5, 0.6) is 0 Å². The minimum Gasteiger partial charge on any atom is -0.491 e. The molecular formula is C16H24O4. The SMILES string of the molecule is CC(C)=CCC1C2=C(CC(O)C1O)C(=O)CC(C)(C)O2. The third-order valence-corrected chi connectivity index (χ3v) is 3.94. The predicted octanol–water partition coefficient (Wildman–Crippen LogP) is 2.11. The highest BCUT2D eigenvalue weighted by Crippen LogP contribution is 2.41. The van der Waals surface area contributed by atoms with Crippen molar-refractivity contribution in [1.29, 1.82) is 0 Å². The molecule has 1 heterocycles. The second-order valence-electron chi connectivity index (χ2n) is 6.69. The molecule has 0 amide bonds. The van der Waals surface area contributed by atoms with E-state index in [1.165, 1.54) is 0 Å². The van der Waals surface area contributed by atoms with Gasteiger partial charge in [-0.3, -0.25) is 4.79 Å². The number of rotatable bonds is 2. The van der Waals surface area contributed by atoms with Gasteiger partial charge >= 0.3 is 0 Å². The highest BCUT2D eigenvalue weighted by Gasteiger charge is 2.44. The number of hydrogen-bond acceptors (Lipinski definition) is 4. The Kier molecular flexibility index (Phi) is 4.07. The Morgan fingerprint density at radius 2 is 2.05 bits per heavy atom. The van der Waals surface area contributed by atoms with Gasteiger partial charge in [-0.2, -0.15) is 0 Å². The molecule has 0 aromatic heterocycles. The summed E-state index contributed by atoms with van der Waals surface area (Å²) in [5.41, 5.74) is 1.16. The van der Waals surface area contributed by atoms with E-state index in [0.717, 1.165) is 5.57 Å². The second-order valence-corrected chi connectivity index (χ2v) is 6.69. The fourth-order valence-corrected chi connectivity index (χ4v) is 2.90. The molecule has 1 aliphatic carbocycles. The topological polar surface area (TPSA) is 66.8 Å². The summed E-state index contributed by atoms with van der Waals surface area (Å²) in [6, 6.07) is 0. The molecule has 2 aliphatic rings. The molecule has 0 bridgehead atoms. The third-order valence-electron chi connectivity index (χ3n) is 3.94. The Morgan fingerprint density at radius 1 is 1.40 bits per heavy atom. The van der Waals surface area contributed by atoms with Crippen LogP contribution in [-0.2, 0) is 9.53 Å². The molecule has 0 saturated heterocycles. The van der Waals surface area contributed by atoms with Gasteiger partial charge in [-0.15, -0.1) is 0 Å². The van der Waals surface area contributed by atoms with Crippen LogP contribution in [0.25, 0.3) is 0 Å². The van der Waals surface area contributed by atoms with E-state index >= 15 is 0 Å². The van der Waals surface area contributed by atoms with E-state index in [0.29, 0.717) is 24.2 Å². The Bertz CT molecular complexity index is 469. The van der Waals surface area contributed by atoms with Crippen LogP contribution in [0.1, 0.15) is 47.0 Å². The van der Waals surface area contributed by atoms with E-state index in [2.05, 4.69) is 0 Å². The zero-order valence-electron chi connectivity index (χ0n) is 12.6. The fourth-order valence-electron chi connectivity index (χ4n) is 2.90. The minimum atomic E-state index is -0.891. The highest BCUT2D eigenvalue weighted by molar-refractivity contribution is 5.97. The summed E-state index contributed by atoms with van der Waals surface area (Å²) in [6.45, 7) is 7.73. The number of Topliss-reactive ketones (excluding diaryl/α,β-unsaturated/α-hetero) is 1. The quantitative estimate of drug-likeness (QED) is 0.760. The van der Waals surface area contributed by atoms with Crippen molar-refractivity contribution in [2.75, 3.05) is 0 Å². The zero-order valence-corrected chi connectivity index (χ0v) is 12.6. The van der Waals surface area contributed by atoms with E-state index in [-0.39, 0.29) is 18.1 Å². The lowest BCUT2D eigenvalue weighted by atomic mass is 9.77. The molecule has 3 unspecified atom stereocenters. The highest BCUT2D eigenvalue weighted by atomic mass is 16.5. The molecule has 20 heavy (non-hydrogen) atoms. The molecule has 0 spiro atoms. The van der Waals surface area contributed by atoms with Crippen molar-refractivity contribution in [2.45, 2.75) is 64.8 Å². The van der Waals surface area contributed by atoms with Gasteiger partial charge in [0.15, 0.2) is 5.78 Å². The molecule has 1 aliphatic heterocycles. The van der Waals surface area contributed by atoms with Gasteiger partial charge in [0.2, 0.25) is 0 Å². The number of aliphatic hydroxyl groups excluding tert-OH is 2. The standard InChI is InChI=1S/C16H24O4/c1-9(2)5-6-10-14(19)12(17)7-11-13(18)8-16(3,4)20-15(10)11/h5,10,12,14,17,19H,6-8H2,1-4H3. The summed E-state index contributed by atoms with van der Waals surface area (Å²) >= 11 is 0. The lowest BCUT2D eigenvalue weighted by Crippen LogP contribution is -2.46. The molecule has 0 radical (unpaired) electrons. The Balaban J connectivity index is 2.38. The number of aliphatic hydroxyl groups is 2. The maximum atomic E-state index is 12.2. The van der Waals surface area contributed by atoms with Gasteiger partial charge in [0.05, 0.1) is 18.6 Å². The van der Waals surface area contributed by atoms with Crippen LogP contribution >= 0.6 is 0 Å². The predicted molar refractivity (Wildman–Crippen MR) is 76.0 cm³/mol. The Hall–Kier alpha value is -1.13. The molecule has 2 rings (SSSR count). The Labute approximate surface area is 120 Å². The van der Waals surface area contributed by atoms with Crippen LogP contribution in [0.15, 0.2) is 23.0 Å². The van der Waals surface area contributed by atoms with Gasteiger partial charge in [0, 0.05) is 17.9 Å². The van der Waals surface area contributed by atoms with Gasteiger partial charge in [0.1, 0.15) is 11.4 Å². The first-order valence-electron chi connectivity index (χ1n) is 7.16. The fraction of sp³-hybridized carbons (Fsp3) is 0.688. The van der Waals surface area contributed by atoms with E-state index in [1.807, 2.05) is 33.8 Å². The normalized spacial score (nSPS) is 32.5. The maximum Gasteiger partial charge on any atom is 0.166 e. The van der Waals surface area contributed by atoms with Gasteiger partial charge in [-0.1, -0.05) is 11.6 Å². The number of carbonyl (C=O) groups is 1. The maximum absolute atomic E-state index is 12.2. The lowest BCUT2D eigenvalue weighted by molar-refractivity contribution is -0.129. The van der Waals surface area contributed by atoms with Gasteiger partial charge in [-0.05, 0) is 34.1 Å². The average Bonchev–Trinajstić information content (AvgIpc) is 2.30. The molecule has 0 aromatic carbocycles. The van der Waals surface area contributed by atoms with Crippen molar-refractivity contribution in [2.24, 2.45) is 5.92 Å². The van der Waals surface area contributed by atoms with Crippen LogP contribution in [0.2, 0.25) is 0 Å². The van der Waals surface area contributed by atoms with E-state index < -0.39 is 17.8 Å². The summed E-state index contributed by atoms with van der Waals surface area (Å²) in [7, 11) is 0. The minimum absolute atomic E-state index is 0.0319. The summed E-state index contributed by atoms with van der Waals surface area (Å²) in [4.78, 5) is 12.2. The molecule has 2 N–H and O–H groups in total. The molecule has 4 heteroatoms. The molecule has 0 fully saturated rings. The van der Waals surface area contributed by atoms with Crippen LogP contribution in [0, 0.1) is 5.92 Å². The number of ether oxygens (including phenoxy) is 1. The van der Waals surface area contributed by atoms with Crippen LogP contribution in [0.3, 0.4) is 0 Å². The zero-order chi connectivity index (χ0) is 15.1. The molecule has 3 atom stereocenters. The Morgan fingerprint density at radius 3 is 2.65 bits per heavy atom. The van der Waals surface area contributed by atoms with Crippen LogP contribution < -0.4 is 0 Å². The largest absolute Gasteiger partial charge is 0.491 e. The van der Waals surface area contributed by atoms with Crippen molar-refractivity contribution in [3.05, 3.63) is 23.0 Å². The first-order chi connectivity index (χ1) is 9.21. The van der Waals surface area contributed by atoms with E-state index in [4.69, 9.17) is 4.74 Å². The summed E-state index contributed by atoms with van der Waals surface area (Å²) < 4.78 is 5.97. The van der Waals surface area contributed by atoms with Gasteiger partial charge < -0.3 is 14.9 Å². The molecule has 112 valence electrons. The first kappa shape index (κ1) is 15.3. The number of hydrogen-bond donors (Lipinski definition) is 2. The molecular weight excluding hydrogens is 256 g/mol. The molecule has 0 aromatic rings. The van der Waals surface area contributed by atoms with Crippen molar-refractivity contribution in [1.82, 2.24) is 0 Å². The lowest BCUT2D eigenvalue weighted by Gasteiger charge is -2.42. The summed E-state index contributed by atoms with van der Waals surface area (Å²) in [5, 5.41) is 20.2. The van der Waals surface area contributed by atoms with Crippen molar-refractivity contribution >= 4 is 5.78 Å². The number of carbonyl (C=O) groups excluding carboxylic acids is 1. The molecule has 0 saturated carbocycles. The van der Waals surface area contributed by atoms with Crippen LogP contribution in [-0.4, -0.2) is 33.8 Å². The van der Waals surface area contributed by atoms with Crippen molar-refractivity contribution in [3.8, 4) is 0 Å². The second kappa shape index (κ2) is 5.34. The molecule has 4 nitrogen and oxygen atoms in total. The van der Waals surface area contributed by atoms with E-state index in [9.17, 15) is 15.0 Å². The van der Waals surface area contributed by atoms with E-state index in [1.54, 1.807) is 0 Å².